The molecule has 0 aliphatic heterocycles. The van der Waals surface area contributed by atoms with E-state index in [0.29, 0.717) is 11.5 Å². The average Bonchev–Trinajstić information content (AvgIpc) is 3.33. The van der Waals surface area contributed by atoms with E-state index in [1.54, 1.807) is 12.1 Å². The zero-order chi connectivity index (χ0) is 16.4. The van der Waals surface area contributed by atoms with Crippen LogP contribution in [0.1, 0.15) is 17.9 Å². The molecule has 0 heterocycles. The molecule has 0 radical (unpaired) electrons. The van der Waals surface area contributed by atoms with Crippen molar-refractivity contribution in [2.24, 2.45) is 0 Å². The van der Waals surface area contributed by atoms with Crippen molar-refractivity contribution in [2.45, 2.75) is 23.3 Å². The van der Waals surface area contributed by atoms with E-state index in [0.717, 1.165) is 12.0 Å². The van der Waals surface area contributed by atoms with E-state index in [-0.39, 0.29) is 16.9 Å². The lowest BCUT2D eigenvalue weighted by molar-refractivity contribution is 0.392. The van der Waals surface area contributed by atoms with Gasteiger partial charge in [-0.25, -0.2) is 13.1 Å². The van der Waals surface area contributed by atoms with Gasteiger partial charge in [0.2, 0.25) is 10.0 Å². The van der Waals surface area contributed by atoms with E-state index in [2.05, 4.69) is 4.72 Å². The molecule has 0 bridgehead atoms. The number of hydrogen-bond acceptors (Lipinski definition) is 4. The Hall–Kier alpha value is -2.05. The maximum absolute atomic E-state index is 12.7. The molecule has 2 atom stereocenters. The number of rotatable bonds is 6. The third-order valence-electron chi connectivity index (χ3n) is 3.98. The minimum atomic E-state index is -3.67. The van der Waals surface area contributed by atoms with E-state index in [9.17, 15) is 8.42 Å². The first kappa shape index (κ1) is 15.8. The molecular weight excluding hydrogens is 314 g/mol. The minimum Gasteiger partial charge on any atom is -0.497 e. The maximum atomic E-state index is 12.7. The van der Waals surface area contributed by atoms with Crippen molar-refractivity contribution in [2.75, 3.05) is 14.2 Å². The molecule has 122 valence electrons. The highest BCUT2D eigenvalue weighted by Crippen LogP contribution is 2.42. The van der Waals surface area contributed by atoms with Crippen molar-refractivity contribution in [3.05, 3.63) is 54.1 Å². The van der Waals surface area contributed by atoms with E-state index in [1.165, 1.54) is 20.3 Å². The fraction of sp³-hybridized carbons (Fsp3) is 0.294. The number of sulfonamides is 1. The highest BCUT2D eigenvalue weighted by atomic mass is 32.2. The molecule has 3 rings (SSSR count). The van der Waals surface area contributed by atoms with Gasteiger partial charge in [0.1, 0.15) is 16.4 Å². The summed E-state index contributed by atoms with van der Waals surface area (Å²) in [6.45, 7) is 0. The van der Waals surface area contributed by atoms with Gasteiger partial charge in [0.05, 0.1) is 14.2 Å². The average molecular weight is 333 g/mol. The zero-order valence-electron chi connectivity index (χ0n) is 13.0. The summed E-state index contributed by atoms with van der Waals surface area (Å²) >= 11 is 0. The van der Waals surface area contributed by atoms with E-state index < -0.39 is 10.0 Å². The Morgan fingerprint density at radius 2 is 1.78 bits per heavy atom. The first-order chi connectivity index (χ1) is 11.0. The van der Waals surface area contributed by atoms with Crippen LogP contribution in [0.2, 0.25) is 0 Å². The summed E-state index contributed by atoms with van der Waals surface area (Å²) in [5, 5.41) is 0. The van der Waals surface area contributed by atoms with Gasteiger partial charge in [-0.15, -0.1) is 0 Å². The van der Waals surface area contributed by atoms with Crippen LogP contribution in [0, 0.1) is 0 Å². The molecule has 0 saturated heterocycles. The molecule has 0 unspecified atom stereocenters. The van der Waals surface area contributed by atoms with Crippen LogP contribution in [0.3, 0.4) is 0 Å². The Balaban J connectivity index is 1.81. The van der Waals surface area contributed by atoms with Crippen molar-refractivity contribution < 1.29 is 17.9 Å². The van der Waals surface area contributed by atoms with E-state index in [4.69, 9.17) is 9.47 Å². The van der Waals surface area contributed by atoms with Gasteiger partial charge in [-0.05, 0) is 24.1 Å². The van der Waals surface area contributed by atoms with Gasteiger partial charge in [-0.2, -0.15) is 0 Å². The second-order valence-electron chi connectivity index (χ2n) is 5.50. The van der Waals surface area contributed by atoms with Gasteiger partial charge in [-0.1, -0.05) is 30.3 Å². The van der Waals surface area contributed by atoms with Gasteiger partial charge in [-0.3, -0.25) is 0 Å². The second-order valence-corrected chi connectivity index (χ2v) is 7.18. The third-order valence-corrected chi connectivity index (χ3v) is 5.50. The molecule has 23 heavy (non-hydrogen) atoms. The number of benzene rings is 2. The Morgan fingerprint density at radius 3 is 2.43 bits per heavy atom. The van der Waals surface area contributed by atoms with E-state index in [1.807, 2.05) is 30.3 Å². The van der Waals surface area contributed by atoms with Gasteiger partial charge >= 0.3 is 0 Å². The summed E-state index contributed by atoms with van der Waals surface area (Å²) in [6.07, 6.45) is 0.801. The lowest BCUT2D eigenvalue weighted by Crippen LogP contribution is -2.27. The summed E-state index contributed by atoms with van der Waals surface area (Å²) in [5.41, 5.74) is 1.15. The lowest BCUT2D eigenvalue weighted by Gasteiger charge is -2.12. The molecule has 1 aliphatic carbocycles. The van der Waals surface area contributed by atoms with Crippen LogP contribution in [0.4, 0.5) is 0 Å². The maximum Gasteiger partial charge on any atom is 0.244 e. The van der Waals surface area contributed by atoms with Crippen LogP contribution >= 0.6 is 0 Å². The van der Waals surface area contributed by atoms with Crippen molar-refractivity contribution >= 4 is 10.0 Å². The van der Waals surface area contributed by atoms with Crippen molar-refractivity contribution in [3.63, 3.8) is 0 Å². The first-order valence-electron chi connectivity index (χ1n) is 7.34. The van der Waals surface area contributed by atoms with Crippen molar-refractivity contribution in [1.82, 2.24) is 4.72 Å². The van der Waals surface area contributed by atoms with Crippen LogP contribution in [0.5, 0.6) is 11.5 Å². The van der Waals surface area contributed by atoms with E-state index >= 15 is 0 Å². The normalized spacial score (nSPS) is 20.1. The molecule has 1 fully saturated rings. The summed E-state index contributed by atoms with van der Waals surface area (Å²) in [7, 11) is -0.721. The smallest absolute Gasteiger partial charge is 0.244 e. The van der Waals surface area contributed by atoms with Gasteiger partial charge < -0.3 is 9.47 Å². The third kappa shape index (κ3) is 3.33. The highest BCUT2D eigenvalue weighted by molar-refractivity contribution is 7.89. The number of methoxy groups -OCH3 is 2. The second kappa shape index (κ2) is 6.22. The molecule has 1 saturated carbocycles. The van der Waals surface area contributed by atoms with Crippen LogP contribution in [0.15, 0.2) is 53.4 Å². The Labute approximate surface area is 136 Å². The van der Waals surface area contributed by atoms with Crippen LogP contribution in [-0.2, 0) is 10.0 Å². The summed E-state index contributed by atoms with van der Waals surface area (Å²) in [4.78, 5) is 0.0954. The molecule has 0 amide bonds. The fourth-order valence-corrected chi connectivity index (χ4v) is 4.12. The largest absolute Gasteiger partial charge is 0.497 e. The Morgan fingerprint density at radius 1 is 1.04 bits per heavy atom. The summed E-state index contributed by atoms with van der Waals surface area (Å²) < 4.78 is 38.4. The standard InChI is InChI=1S/C17H19NO4S/c1-21-13-8-9-16(22-2)17(10-13)23(19,20)18-15-11-14(15)12-6-4-3-5-7-12/h3-10,14-15,18H,11H2,1-2H3/t14-,15+/m1/s1. The number of nitrogens with one attached hydrogen (secondary N) is 1. The van der Waals surface area contributed by atoms with Crippen LogP contribution < -0.4 is 14.2 Å². The molecule has 6 heteroatoms. The highest BCUT2D eigenvalue weighted by Gasteiger charge is 2.41. The zero-order valence-corrected chi connectivity index (χ0v) is 13.8. The summed E-state index contributed by atoms with van der Waals surface area (Å²) in [6, 6.07) is 14.6. The first-order valence-corrected chi connectivity index (χ1v) is 8.83. The molecule has 0 aromatic heterocycles. The van der Waals surface area contributed by atoms with Crippen LogP contribution in [-0.4, -0.2) is 28.7 Å². The predicted molar refractivity (Wildman–Crippen MR) is 87.5 cm³/mol. The van der Waals surface area contributed by atoms with Crippen LogP contribution in [0.25, 0.3) is 0 Å². The Kier molecular flexibility index (Phi) is 4.28. The molecule has 5 nitrogen and oxygen atoms in total. The predicted octanol–water partition coefficient (Wildman–Crippen LogP) is 2.54. The fourth-order valence-electron chi connectivity index (χ4n) is 2.65. The SMILES string of the molecule is COc1ccc(OC)c(S(=O)(=O)N[C@H]2C[C@@H]2c2ccccc2)c1. The topological polar surface area (TPSA) is 64.6 Å². The monoisotopic (exact) mass is 333 g/mol. The quantitative estimate of drug-likeness (QED) is 0.882. The van der Waals surface area contributed by atoms with Gasteiger partial charge in [0, 0.05) is 18.0 Å². The molecule has 2 aromatic rings. The Bertz CT molecular complexity index is 789. The molecule has 2 aromatic carbocycles. The van der Waals surface area contributed by atoms with Crippen molar-refractivity contribution in [1.29, 1.82) is 0 Å². The van der Waals surface area contributed by atoms with Crippen molar-refractivity contribution in [3.8, 4) is 11.5 Å². The molecule has 1 aliphatic rings. The minimum absolute atomic E-state index is 0.0849. The molecule has 1 N–H and O–H groups in total. The molecule has 0 spiro atoms. The van der Waals surface area contributed by atoms with Gasteiger partial charge in [0.25, 0.3) is 0 Å². The lowest BCUT2D eigenvalue weighted by atomic mass is 10.1. The summed E-state index contributed by atoms with van der Waals surface area (Å²) in [5.74, 6) is 0.999. The number of ether oxygens (including phenoxy) is 2. The molecular formula is C17H19NO4S. The van der Waals surface area contributed by atoms with Gasteiger partial charge in [0.15, 0.2) is 0 Å². The number of hydrogen-bond donors (Lipinski definition) is 1.